The molecule has 0 saturated carbocycles. The standard InChI is InChI=1S/C15H19N3O2/c1-10(16-19)11(2)17-12(3)13(4)18(20)15(17)14-8-6-5-7-9-14/h5-9,11,19H,1-4H3/b16-10-/t11-/m0/s1. The first-order valence-electron chi connectivity index (χ1n) is 6.54. The summed E-state index contributed by atoms with van der Waals surface area (Å²) in [5, 5.41) is 24.7. The lowest BCUT2D eigenvalue weighted by atomic mass is 10.1. The summed E-state index contributed by atoms with van der Waals surface area (Å²) in [5.74, 6) is 0.566. The van der Waals surface area contributed by atoms with E-state index in [1.54, 1.807) is 13.8 Å². The molecule has 1 heterocycles. The van der Waals surface area contributed by atoms with Gasteiger partial charge in [-0.25, -0.2) is 9.30 Å². The van der Waals surface area contributed by atoms with E-state index in [4.69, 9.17) is 5.21 Å². The van der Waals surface area contributed by atoms with Crippen LogP contribution >= 0.6 is 0 Å². The van der Waals surface area contributed by atoms with E-state index in [1.165, 1.54) is 0 Å². The van der Waals surface area contributed by atoms with E-state index in [9.17, 15) is 5.21 Å². The molecule has 0 aliphatic rings. The van der Waals surface area contributed by atoms with Crippen molar-refractivity contribution in [3.8, 4) is 11.4 Å². The van der Waals surface area contributed by atoms with Gasteiger partial charge in [0.1, 0.15) is 17.4 Å². The number of oxime groups is 1. The Morgan fingerprint density at radius 2 is 1.90 bits per heavy atom. The Hall–Kier alpha value is -2.30. The van der Waals surface area contributed by atoms with Crippen molar-refractivity contribution in [2.24, 2.45) is 5.16 Å². The fraction of sp³-hybridized carbons (Fsp3) is 0.333. The van der Waals surface area contributed by atoms with Crippen molar-refractivity contribution >= 4 is 5.71 Å². The Kier molecular flexibility index (Phi) is 3.79. The minimum absolute atomic E-state index is 0.191. The predicted molar refractivity (Wildman–Crippen MR) is 77.9 cm³/mol. The van der Waals surface area contributed by atoms with Crippen molar-refractivity contribution in [3.63, 3.8) is 0 Å². The molecule has 0 saturated heterocycles. The van der Waals surface area contributed by atoms with Gasteiger partial charge < -0.3 is 10.4 Å². The van der Waals surface area contributed by atoms with Crippen molar-refractivity contribution in [2.45, 2.75) is 33.7 Å². The summed E-state index contributed by atoms with van der Waals surface area (Å²) in [5.41, 5.74) is 2.92. The van der Waals surface area contributed by atoms with Gasteiger partial charge in [0, 0.05) is 13.8 Å². The van der Waals surface area contributed by atoms with Crippen molar-refractivity contribution in [3.05, 3.63) is 46.9 Å². The van der Waals surface area contributed by atoms with Crippen LogP contribution in [-0.4, -0.2) is 15.5 Å². The molecular weight excluding hydrogens is 254 g/mol. The number of hydrogen-bond acceptors (Lipinski definition) is 3. The average molecular weight is 273 g/mol. The highest BCUT2D eigenvalue weighted by Gasteiger charge is 2.28. The van der Waals surface area contributed by atoms with Gasteiger partial charge in [0.25, 0.3) is 5.82 Å². The summed E-state index contributed by atoms with van der Waals surface area (Å²) in [6, 6.07) is 9.32. The smallest absolute Gasteiger partial charge is 0.292 e. The Bertz CT molecular complexity index is 645. The maximum Gasteiger partial charge on any atom is 0.292 e. The van der Waals surface area contributed by atoms with Crippen LogP contribution in [0.15, 0.2) is 35.5 Å². The maximum absolute atomic E-state index is 12.4. The van der Waals surface area contributed by atoms with E-state index in [-0.39, 0.29) is 6.04 Å². The monoisotopic (exact) mass is 273 g/mol. The first kappa shape index (κ1) is 14.1. The van der Waals surface area contributed by atoms with Crippen LogP contribution in [0.25, 0.3) is 11.4 Å². The normalized spacial score (nSPS) is 13.5. The minimum atomic E-state index is -0.191. The molecule has 0 unspecified atom stereocenters. The summed E-state index contributed by atoms with van der Waals surface area (Å²) >= 11 is 0. The summed E-state index contributed by atoms with van der Waals surface area (Å²) < 4.78 is 2.85. The van der Waals surface area contributed by atoms with Gasteiger partial charge in [-0.3, -0.25) is 0 Å². The molecule has 2 rings (SSSR count). The van der Waals surface area contributed by atoms with Crippen molar-refractivity contribution in [1.82, 2.24) is 4.57 Å². The highest BCUT2D eigenvalue weighted by Crippen LogP contribution is 2.25. The second-order valence-corrected chi connectivity index (χ2v) is 4.94. The van der Waals surface area contributed by atoms with E-state index < -0.39 is 0 Å². The third kappa shape index (κ3) is 2.15. The molecule has 20 heavy (non-hydrogen) atoms. The third-order valence-electron chi connectivity index (χ3n) is 3.79. The number of rotatable bonds is 3. The number of imidazole rings is 1. The van der Waals surface area contributed by atoms with E-state index in [0.717, 1.165) is 16.0 Å². The van der Waals surface area contributed by atoms with Gasteiger partial charge >= 0.3 is 0 Å². The molecule has 1 aromatic heterocycles. The Morgan fingerprint density at radius 1 is 1.30 bits per heavy atom. The van der Waals surface area contributed by atoms with Gasteiger partial charge in [-0.05, 0) is 26.0 Å². The van der Waals surface area contributed by atoms with Crippen LogP contribution in [0, 0.1) is 19.1 Å². The van der Waals surface area contributed by atoms with Gasteiger partial charge in [-0.1, -0.05) is 23.4 Å². The minimum Gasteiger partial charge on any atom is -0.710 e. The molecule has 0 radical (unpaired) electrons. The number of aromatic nitrogens is 2. The zero-order valence-electron chi connectivity index (χ0n) is 12.2. The molecular formula is C15H19N3O2. The topological polar surface area (TPSA) is 64.5 Å². The van der Waals surface area contributed by atoms with Crippen molar-refractivity contribution < 1.29 is 9.94 Å². The molecule has 0 aliphatic heterocycles. The van der Waals surface area contributed by atoms with Crippen LogP contribution in [0.3, 0.4) is 0 Å². The van der Waals surface area contributed by atoms with E-state index >= 15 is 0 Å². The third-order valence-corrected chi connectivity index (χ3v) is 3.79. The van der Waals surface area contributed by atoms with Crippen LogP contribution in [0.1, 0.15) is 31.3 Å². The Balaban J connectivity index is 2.71. The molecule has 0 bridgehead atoms. The van der Waals surface area contributed by atoms with Gasteiger partial charge in [0.05, 0.1) is 11.3 Å². The molecule has 1 atom stereocenters. The van der Waals surface area contributed by atoms with E-state index in [0.29, 0.717) is 17.2 Å². The maximum atomic E-state index is 12.4. The number of hydrogen-bond donors (Lipinski definition) is 1. The van der Waals surface area contributed by atoms with Gasteiger partial charge in [0.2, 0.25) is 0 Å². The zero-order valence-corrected chi connectivity index (χ0v) is 12.2. The van der Waals surface area contributed by atoms with Crippen LogP contribution < -0.4 is 4.73 Å². The molecule has 5 nitrogen and oxygen atoms in total. The fourth-order valence-electron chi connectivity index (χ4n) is 2.32. The molecule has 106 valence electrons. The fourth-order valence-corrected chi connectivity index (χ4v) is 2.32. The second kappa shape index (κ2) is 5.36. The highest BCUT2D eigenvalue weighted by atomic mass is 16.5. The molecule has 0 fully saturated rings. The lowest BCUT2D eigenvalue weighted by molar-refractivity contribution is -0.599. The van der Waals surface area contributed by atoms with Crippen LogP contribution in [-0.2, 0) is 0 Å². The van der Waals surface area contributed by atoms with E-state index in [2.05, 4.69) is 5.16 Å². The highest BCUT2D eigenvalue weighted by molar-refractivity contribution is 5.85. The van der Waals surface area contributed by atoms with E-state index in [1.807, 2.05) is 48.7 Å². The Morgan fingerprint density at radius 3 is 2.45 bits per heavy atom. The summed E-state index contributed by atoms with van der Waals surface area (Å²) in [6.07, 6.45) is 0. The SMILES string of the molecule is C/C(=N/O)[C@H](C)n1c(C)c(C)[n+]([O-])c1-c1ccccc1. The lowest BCUT2D eigenvalue weighted by Crippen LogP contribution is -2.31. The first-order valence-corrected chi connectivity index (χ1v) is 6.54. The summed E-state index contributed by atoms with van der Waals surface area (Å²) in [4.78, 5) is 0. The van der Waals surface area contributed by atoms with Gasteiger partial charge in [0.15, 0.2) is 0 Å². The molecule has 1 aromatic carbocycles. The quantitative estimate of drug-likeness (QED) is 0.307. The van der Waals surface area contributed by atoms with Crippen LogP contribution in [0.5, 0.6) is 0 Å². The summed E-state index contributed by atoms with van der Waals surface area (Å²) in [7, 11) is 0. The number of benzene rings is 1. The van der Waals surface area contributed by atoms with Crippen LogP contribution in [0.2, 0.25) is 0 Å². The Labute approximate surface area is 118 Å². The molecule has 2 aromatic rings. The zero-order chi connectivity index (χ0) is 14.9. The molecule has 0 amide bonds. The van der Waals surface area contributed by atoms with Gasteiger partial charge in [-0.2, -0.15) is 0 Å². The van der Waals surface area contributed by atoms with Crippen LogP contribution in [0.4, 0.5) is 0 Å². The number of nitrogens with zero attached hydrogens (tertiary/aromatic N) is 3. The second-order valence-electron chi connectivity index (χ2n) is 4.94. The van der Waals surface area contributed by atoms with Crippen molar-refractivity contribution in [2.75, 3.05) is 0 Å². The molecule has 1 N–H and O–H groups in total. The van der Waals surface area contributed by atoms with Gasteiger partial charge in [-0.15, -0.1) is 0 Å². The average Bonchev–Trinajstić information content (AvgIpc) is 2.70. The predicted octanol–water partition coefficient (Wildman–Crippen LogP) is 2.82. The largest absolute Gasteiger partial charge is 0.710 e. The first-order chi connectivity index (χ1) is 9.49. The lowest BCUT2D eigenvalue weighted by Gasteiger charge is -2.12. The summed E-state index contributed by atoms with van der Waals surface area (Å²) in [6.45, 7) is 7.35. The van der Waals surface area contributed by atoms with Crippen molar-refractivity contribution in [1.29, 1.82) is 0 Å². The molecule has 0 spiro atoms. The molecule has 0 aliphatic carbocycles. The molecule has 5 heteroatoms.